The van der Waals surface area contributed by atoms with Gasteiger partial charge in [-0.25, -0.2) is 0 Å². The van der Waals surface area contributed by atoms with Gasteiger partial charge in [-0.2, -0.15) is 10.2 Å². The Labute approximate surface area is 228 Å². The molecule has 0 aliphatic carbocycles. The van der Waals surface area contributed by atoms with E-state index in [-0.39, 0.29) is 48.0 Å². The predicted octanol–water partition coefficient (Wildman–Crippen LogP) is 0.371. The molecule has 0 bridgehead atoms. The van der Waals surface area contributed by atoms with Gasteiger partial charge in [-0.15, -0.1) is 0 Å². The zero-order valence-electron chi connectivity index (χ0n) is 19.6. The van der Waals surface area contributed by atoms with Crippen molar-refractivity contribution in [3.63, 3.8) is 0 Å². The first-order chi connectivity index (χ1) is 14.5. The van der Waals surface area contributed by atoms with E-state index in [0.717, 1.165) is 33.4 Å². The standard InChI is InChI=1S/C26H38N4.2HI/c1-29(15-5-3-6-16-29)21-23-11-9-13-25(19-23)27-28-26-14-10-12-24(20-26)22-30(2)17-7-4-8-18-30;;/h9-14,19-20H,3-8,15-18,21-22H2,1-2H3;2*1H/q+2;;/p-2. The molecule has 32 heavy (non-hydrogen) atoms. The van der Waals surface area contributed by atoms with Crippen LogP contribution in [0.25, 0.3) is 0 Å². The maximum absolute atomic E-state index is 4.57. The molecule has 2 fully saturated rings. The third-order valence-corrected chi connectivity index (χ3v) is 7.02. The summed E-state index contributed by atoms with van der Waals surface area (Å²) < 4.78 is 2.30. The Kier molecular flexibility index (Phi) is 11.0. The lowest BCUT2D eigenvalue weighted by Gasteiger charge is -2.37. The minimum Gasteiger partial charge on any atom is -1.00 e. The third kappa shape index (κ3) is 8.02. The number of azo groups is 1. The summed E-state index contributed by atoms with van der Waals surface area (Å²) in [4.78, 5) is 0. The molecule has 2 heterocycles. The molecule has 4 nitrogen and oxygen atoms in total. The van der Waals surface area contributed by atoms with Crippen molar-refractivity contribution in [2.45, 2.75) is 51.6 Å². The van der Waals surface area contributed by atoms with Crippen LogP contribution in [0, 0.1) is 0 Å². The van der Waals surface area contributed by atoms with Crippen molar-refractivity contribution in [2.24, 2.45) is 10.2 Å². The van der Waals surface area contributed by atoms with Gasteiger partial charge in [0.1, 0.15) is 13.1 Å². The number of halogens is 2. The van der Waals surface area contributed by atoms with Crippen molar-refractivity contribution >= 4 is 11.4 Å². The highest BCUT2D eigenvalue weighted by molar-refractivity contribution is 5.43. The molecule has 0 aromatic heterocycles. The second-order valence-electron chi connectivity index (χ2n) is 10.1. The number of hydrogen-bond donors (Lipinski definition) is 0. The molecule has 0 amide bonds. The summed E-state index contributed by atoms with van der Waals surface area (Å²) in [6, 6.07) is 17.3. The Hall–Kier alpha value is -0.580. The van der Waals surface area contributed by atoms with Crippen LogP contribution in [0.4, 0.5) is 11.4 Å². The van der Waals surface area contributed by atoms with E-state index in [0.29, 0.717) is 0 Å². The predicted molar refractivity (Wildman–Crippen MR) is 124 cm³/mol. The van der Waals surface area contributed by atoms with Gasteiger partial charge in [0.2, 0.25) is 0 Å². The minimum absolute atomic E-state index is 0. The highest BCUT2D eigenvalue weighted by atomic mass is 127. The summed E-state index contributed by atoms with van der Waals surface area (Å²) in [5.41, 5.74) is 4.65. The van der Waals surface area contributed by atoms with E-state index >= 15 is 0 Å². The van der Waals surface area contributed by atoms with Crippen molar-refractivity contribution in [3.05, 3.63) is 59.7 Å². The fraction of sp³-hybridized carbons (Fsp3) is 0.538. The Morgan fingerprint density at radius 3 is 1.34 bits per heavy atom. The van der Waals surface area contributed by atoms with Gasteiger partial charge >= 0.3 is 0 Å². The highest BCUT2D eigenvalue weighted by Crippen LogP contribution is 2.26. The van der Waals surface area contributed by atoms with Gasteiger partial charge in [-0.3, -0.25) is 0 Å². The van der Waals surface area contributed by atoms with Crippen LogP contribution < -0.4 is 48.0 Å². The second-order valence-corrected chi connectivity index (χ2v) is 10.1. The summed E-state index contributed by atoms with van der Waals surface area (Å²) in [6.45, 7) is 7.34. The van der Waals surface area contributed by atoms with E-state index in [1.54, 1.807) is 0 Å². The molecule has 6 heteroatoms. The number of likely N-dealkylation sites (tertiary alicyclic amines) is 2. The Balaban J connectivity index is 0.00000181. The molecule has 2 aromatic rings. The van der Waals surface area contributed by atoms with Gasteiger partial charge in [0.05, 0.1) is 51.6 Å². The first-order valence-corrected chi connectivity index (χ1v) is 11.8. The second kappa shape index (κ2) is 12.8. The average molecular weight is 660 g/mol. The quantitative estimate of drug-likeness (QED) is 0.244. The molecule has 0 N–H and O–H groups in total. The lowest BCUT2D eigenvalue weighted by Crippen LogP contribution is -3.00. The van der Waals surface area contributed by atoms with Gasteiger partial charge < -0.3 is 56.9 Å². The fourth-order valence-corrected chi connectivity index (χ4v) is 5.30. The molecule has 0 radical (unpaired) electrons. The Morgan fingerprint density at radius 2 is 0.969 bits per heavy atom. The van der Waals surface area contributed by atoms with Crippen LogP contribution >= 0.6 is 0 Å². The van der Waals surface area contributed by atoms with E-state index in [2.05, 4.69) is 72.9 Å². The Morgan fingerprint density at radius 1 is 0.594 bits per heavy atom. The maximum Gasteiger partial charge on any atom is 0.104 e. The van der Waals surface area contributed by atoms with Gasteiger partial charge in [-0.05, 0) is 62.8 Å². The zero-order valence-corrected chi connectivity index (χ0v) is 24.0. The van der Waals surface area contributed by atoms with Crippen LogP contribution in [0.5, 0.6) is 0 Å². The van der Waals surface area contributed by atoms with E-state index < -0.39 is 0 Å². The number of quaternary nitrogens is 2. The number of benzene rings is 2. The SMILES string of the molecule is C[N+]1(Cc2cccc(N=Nc3cccc(C[N+]4(C)CCCCC4)c3)c2)CCCCC1.[I-].[I-]. The summed E-state index contributed by atoms with van der Waals surface area (Å²) in [7, 11) is 4.79. The largest absolute Gasteiger partial charge is 1.00 e. The molecule has 0 spiro atoms. The fourth-order valence-electron chi connectivity index (χ4n) is 5.30. The molecule has 4 rings (SSSR count). The van der Waals surface area contributed by atoms with E-state index in [1.807, 2.05) is 0 Å². The summed E-state index contributed by atoms with van der Waals surface area (Å²) in [5, 5.41) is 9.14. The Bertz CT molecular complexity index is 800. The van der Waals surface area contributed by atoms with Gasteiger partial charge in [0, 0.05) is 11.1 Å². The van der Waals surface area contributed by atoms with Crippen LogP contribution in [0.2, 0.25) is 0 Å². The monoisotopic (exact) mass is 660 g/mol. The summed E-state index contributed by atoms with van der Waals surface area (Å²) in [5.74, 6) is 0. The lowest BCUT2D eigenvalue weighted by atomic mass is 10.1. The first kappa shape index (κ1) is 27.7. The van der Waals surface area contributed by atoms with Crippen LogP contribution in [-0.4, -0.2) is 49.2 Å². The van der Waals surface area contributed by atoms with Crippen LogP contribution in [0.3, 0.4) is 0 Å². The molecule has 2 aliphatic heterocycles. The van der Waals surface area contributed by atoms with Crippen LogP contribution in [0.15, 0.2) is 58.8 Å². The van der Waals surface area contributed by atoms with Crippen LogP contribution in [-0.2, 0) is 13.1 Å². The molecular formula is C26H38I2N4. The normalized spacial score (nSPS) is 19.7. The van der Waals surface area contributed by atoms with Crippen LogP contribution in [0.1, 0.15) is 49.7 Å². The van der Waals surface area contributed by atoms with Crippen molar-refractivity contribution < 1.29 is 56.9 Å². The summed E-state index contributed by atoms with van der Waals surface area (Å²) in [6.07, 6.45) is 8.18. The molecule has 0 atom stereocenters. The molecular weight excluding hydrogens is 622 g/mol. The molecule has 2 aliphatic rings. The highest BCUT2D eigenvalue weighted by Gasteiger charge is 2.25. The lowest BCUT2D eigenvalue weighted by molar-refractivity contribution is -0.926. The van der Waals surface area contributed by atoms with Gasteiger partial charge in [-0.1, -0.05) is 24.3 Å². The molecule has 0 unspecified atom stereocenters. The van der Waals surface area contributed by atoms with Crippen molar-refractivity contribution in [1.29, 1.82) is 0 Å². The van der Waals surface area contributed by atoms with E-state index in [1.165, 1.54) is 75.8 Å². The summed E-state index contributed by atoms with van der Waals surface area (Å²) >= 11 is 0. The maximum atomic E-state index is 4.57. The number of nitrogens with zero attached hydrogens (tertiary/aromatic N) is 4. The number of piperidine rings is 2. The van der Waals surface area contributed by atoms with Crippen molar-refractivity contribution in [1.82, 2.24) is 0 Å². The smallest absolute Gasteiger partial charge is 0.104 e. The number of rotatable bonds is 6. The topological polar surface area (TPSA) is 24.7 Å². The zero-order chi connectivity index (χ0) is 20.9. The van der Waals surface area contributed by atoms with Crippen molar-refractivity contribution in [3.8, 4) is 0 Å². The van der Waals surface area contributed by atoms with E-state index in [9.17, 15) is 0 Å². The van der Waals surface area contributed by atoms with Gasteiger partial charge in [0.15, 0.2) is 0 Å². The van der Waals surface area contributed by atoms with E-state index in [4.69, 9.17) is 0 Å². The molecule has 2 aromatic carbocycles. The molecule has 0 saturated carbocycles. The van der Waals surface area contributed by atoms with Gasteiger partial charge in [0.25, 0.3) is 0 Å². The third-order valence-electron chi connectivity index (χ3n) is 7.02. The minimum atomic E-state index is 0. The average Bonchev–Trinajstić information content (AvgIpc) is 2.73. The molecule has 176 valence electrons. The first-order valence-electron chi connectivity index (χ1n) is 11.8. The number of hydrogen-bond acceptors (Lipinski definition) is 2. The van der Waals surface area contributed by atoms with Crippen molar-refractivity contribution in [2.75, 3.05) is 40.3 Å². The molecule has 2 saturated heterocycles.